The molecule has 0 aromatic heterocycles. The maximum Gasteiger partial charge on any atom is 0.335 e. The van der Waals surface area contributed by atoms with E-state index in [0.717, 1.165) is 4.47 Å². The molecule has 1 N–H and O–H groups in total. The molecule has 0 radical (unpaired) electrons. The lowest BCUT2D eigenvalue weighted by molar-refractivity contribution is 0.0550. The van der Waals surface area contributed by atoms with Gasteiger partial charge in [-0.25, -0.2) is 4.79 Å². The molecule has 1 aromatic rings. The van der Waals surface area contributed by atoms with Gasteiger partial charge in [-0.05, 0) is 48.0 Å². The number of carbonyl (C=O) groups is 1. The Morgan fingerprint density at radius 1 is 1.41 bits per heavy atom. The van der Waals surface area contributed by atoms with Crippen LogP contribution in [-0.4, -0.2) is 30.4 Å². The van der Waals surface area contributed by atoms with Crippen molar-refractivity contribution in [3.05, 3.63) is 28.2 Å². The lowest BCUT2D eigenvalue weighted by atomic mass is 10.2. The minimum atomic E-state index is -0.971. The van der Waals surface area contributed by atoms with Gasteiger partial charge in [0.2, 0.25) is 0 Å². The van der Waals surface area contributed by atoms with Crippen molar-refractivity contribution in [3.8, 4) is 5.75 Å². The summed E-state index contributed by atoms with van der Waals surface area (Å²) in [7, 11) is 0. The highest BCUT2D eigenvalue weighted by atomic mass is 79.9. The summed E-state index contributed by atoms with van der Waals surface area (Å²) in [6.45, 7) is 4.75. The molecular formula is C12H15BrO4. The zero-order valence-electron chi connectivity index (χ0n) is 9.77. The second-order valence-electron chi connectivity index (χ2n) is 3.72. The molecule has 0 aliphatic rings. The number of benzene rings is 1. The summed E-state index contributed by atoms with van der Waals surface area (Å²) < 4.78 is 11.5. The third-order valence-corrected chi connectivity index (χ3v) is 2.63. The third kappa shape index (κ3) is 4.75. The molecule has 5 heteroatoms. The average molecular weight is 303 g/mol. The van der Waals surface area contributed by atoms with Crippen LogP contribution in [0.3, 0.4) is 0 Å². The van der Waals surface area contributed by atoms with Gasteiger partial charge in [0.05, 0.1) is 22.7 Å². The molecule has 1 rings (SSSR count). The van der Waals surface area contributed by atoms with Gasteiger partial charge in [-0.3, -0.25) is 0 Å². The highest BCUT2D eigenvalue weighted by molar-refractivity contribution is 9.10. The number of aromatic carboxylic acids is 1. The summed E-state index contributed by atoms with van der Waals surface area (Å²) in [6.07, 6.45) is 0.160. The fourth-order valence-corrected chi connectivity index (χ4v) is 1.54. The van der Waals surface area contributed by atoms with Crippen molar-refractivity contribution in [2.45, 2.75) is 20.0 Å². The number of halogens is 1. The number of ether oxygens (including phenoxy) is 2. The first-order valence-corrected chi connectivity index (χ1v) is 6.07. The Morgan fingerprint density at radius 2 is 2.12 bits per heavy atom. The van der Waals surface area contributed by atoms with Gasteiger partial charge in [0.25, 0.3) is 0 Å². The highest BCUT2D eigenvalue weighted by Gasteiger charge is 2.07. The topological polar surface area (TPSA) is 55.8 Å². The van der Waals surface area contributed by atoms with Gasteiger partial charge in [-0.1, -0.05) is 0 Å². The standard InChI is InChI=1S/C12H15BrO4/c1-8(2)16-5-6-17-11-7-9(12(14)15)3-4-10(11)13/h3-4,7-8H,5-6H2,1-2H3,(H,14,15). The monoisotopic (exact) mass is 302 g/mol. The van der Waals surface area contributed by atoms with Crippen LogP contribution in [0.2, 0.25) is 0 Å². The van der Waals surface area contributed by atoms with Crippen LogP contribution in [0.25, 0.3) is 0 Å². The van der Waals surface area contributed by atoms with Gasteiger partial charge in [-0.2, -0.15) is 0 Å². The molecule has 17 heavy (non-hydrogen) atoms. The van der Waals surface area contributed by atoms with Crippen LogP contribution in [0.4, 0.5) is 0 Å². The SMILES string of the molecule is CC(C)OCCOc1cc(C(=O)O)ccc1Br. The maximum atomic E-state index is 10.8. The Morgan fingerprint density at radius 3 is 2.71 bits per heavy atom. The molecule has 0 saturated carbocycles. The number of carboxylic acids is 1. The van der Waals surface area contributed by atoms with Crippen LogP contribution in [-0.2, 0) is 4.74 Å². The second-order valence-corrected chi connectivity index (χ2v) is 4.57. The van der Waals surface area contributed by atoms with Crippen molar-refractivity contribution in [2.75, 3.05) is 13.2 Å². The first-order valence-electron chi connectivity index (χ1n) is 5.28. The molecule has 0 spiro atoms. The van der Waals surface area contributed by atoms with Crippen molar-refractivity contribution in [2.24, 2.45) is 0 Å². The van der Waals surface area contributed by atoms with E-state index in [1.54, 1.807) is 6.07 Å². The van der Waals surface area contributed by atoms with Crippen LogP contribution < -0.4 is 4.74 Å². The number of carboxylic acid groups (broad SMARTS) is 1. The largest absolute Gasteiger partial charge is 0.490 e. The summed E-state index contributed by atoms with van der Waals surface area (Å²) in [5, 5.41) is 8.85. The Bertz CT molecular complexity index is 390. The number of hydrogen-bond donors (Lipinski definition) is 1. The maximum absolute atomic E-state index is 10.8. The van der Waals surface area contributed by atoms with Gasteiger partial charge < -0.3 is 14.6 Å². The second kappa shape index (κ2) is 6.61. The predicted octanol–water partition coefficient (Wildman–Crippen LogP) is 2.95. The lowest BCUT2D eigenvalue weighted by Crippen LogP contribution is -2.11. The Balaban J connectivity index is 2.57. The lowest BCUT2D eigenvalue weighted by Gasteiger charge is -2.11. The first-order chi connectivity index (χ1) is 8.00. The molecular weight excluding hydrogens is 288 g/mol. The van der Waals surface area contributed by atoms with Gasteiger partial charge in [0, 0.05) is 0 Å². The summed E-state index contributed by atoms with van der Waals surface area (Å²) in [5.41, 5.74) is 0.202. The molecule has 0 amide bonds. The van der Waals surface area contributed by atoms with Crippen molar-refractivity contribution < 1.29 is 19.4 Å². The molecule has 1 aromatic carbocycles. The highest BCUT2D eigenvalue weighted by Crippen LogP contribution is 2.26. The average Bonchev–Trinajstić information content (AvgIpc) is 2.25. The van der Waals surface area contributed by atoms with Crippen LogP contribution >= 0.6 is 15.9 Å². The summed E-state index contributed by atoms with van der Waals surface area (Å²) in [5.74, 6) is -0.460. The fraction of sp³-hybridized carbons (Fsp3) is 0.417. The normalized spacial score (nSPS) is 10.6. The molecule has 94 valence electrons. The summed E-state index contributed by atoms with van der Waals surface area (Å²) in [6, 6.07) is 4.66. The van der Waals surface area contributed by atoms with Crippen molar-refractivity contribution in [3.63, 3.8) is 0 Å². The minimum absolute atomic E-state index is 0.160. The summed E-state index contributed by atoms with van der Waals surface area (Å²) >= 11 is 3.30. The quantitative estimate of drug-likeness (QED) is 0.821. The van der Waals surface area contributed by atoms with Gasteiger partial charge in [-0.15, -0.1) is 0 Å². The predicted molar refractivity (Wildman–Crippen MR) is 67.7 cm³/mol. The fourth-order valence-electron chi connectivity index (χ4n) is 1.18. The van der Waals surface area contributed by atoms with Gasteiger partial charge in [0.15, 0.2) is 0 Å². The molecule has 0 atom stereocenters. The van der Waals surface area contributed by atoms with E-state index in [-0.39, 0.29) is 11.7 Å². The Labute approximate surface area is 109 Å². The van der Waals surface area contributed by atoms with Gasteiger partial charge >= 0.3 is 5.97 Å². The summed E-state index contributed by atoms with van der Waals surface area (Å²) in [4.78, 5) is 10.8. The van der Waals surface area contributed by atoms with Gasteiger partial charge in [0.1, 0.15) is 12.4 Å². The van der Waals surface area contributed by atoms with E-state index in [2.05, 4.69) is 15.9 Å². The number of rotatable bonds is 6. The Hall–Kier alpha value is -1.07. The van der Waals surface area contributed by atoms with Crippen molar-refractivity contribution >= 4 is 21.9 Å². The van der Waals surface area contributed by atoms with Crippen LogP contribution in [0.5, 0.6) is 5.75 Å². The molecule has 0 aliphatic carbocycles. The van der Waals surface area contributed by atoms with Crippen molar-refractivity contribution in [1.29, 1.82) is 0 Å². The van der Waals surface area contributed by atoms with Crippen LogP contribution in [0.1, 0.15) is 24.2 Å². The molecule has 0 heterocycles. The third-order valence-electron chi connectivity index (χ3n) is 1.97. The van der Waals surface area contributed by atoms with E-state index in [4.69, 9.17) is 14.6 Å². The van der Waals surface area contributed by atoms with E-state index in [1.165, 1.54) is 12.1 Å². The minimum Gasteiger partial charge on any atom is -0.490 e. The smallest absolute Gasteiger partial charge is 0.335 e. The molecule has 0 unspecified atom stereocenters. The van der Waals surface area contributed by atoms with E-state index < -0.39 is 5.97 Å². The molecule has 0 bridgehead atoms. The van der Waals surface area contributed by atoms with Crippen molar-refractivity contribution in [1.82, 2.24) is 0 Å². The Kier molecular flexibility index (Phi) is 5.44. The van der Waals surface area contributed by atoms with E-state index in [1.807, 2.05) is 13.8 Å². The molecule has 0 saturated heterocycles. The van der Waals surface area contributed by atoms with E-state index >= 15 is 0 Å². The zero-order valence-corrected chi connectivity index (χ0v) is 11.4. The van der Waals surface area contributed by atoms with Crippen LogP contribution in [0, 0.1) is 0 Å². The van der Waals surface area contributed by atoms with Crippen LogP contribution in [0.15, 0.2) is 22.7 Å². The zero-order chi connectivity index (χ0) is 12.8. The van der Waals surface area contributed by atoms with E-state index in [0.29, 0.717) is 19.0 Å². The molecule has 0 aliphatic heterocycles. The molecule has 4 nitrogen and oxygen atoms in total. The van der Waals surface area contributed by atoms with E-state index in [9.17, 15) is 4.79 Å². The number of hydrogen-bond acceptors (Lipinski definition) is 3. The molecule has 0 fully saturated rings. The first kappa shape index (κ1) is 14.0.